The molecule has 0 amide bonds. The topological polar surface area (TPSA) is 21.3 Å². The van der Waals surface area contributed by atoms with Gasteiger partial charge in [-0.3, -0.25) is 0 Å². The van der Waals surface area contributed by atoms with Gasteiger partial charge >= 0.3 is 0 Å². The number of benzene rings is 1. The summed E-state index contributed by atoms with van der Waals surface area (Å²) >= 11 is 0. The van der Waals surface area contributed by atoms with Crippen LogP contribution in [0.15, 0.2) is 24.3 Å². The summed E-state index contributed by atoms with van der Waals surface area (Å²) in [6, 6.07) is 9.59. The summed E-state index contributed by atoms with van der Waals surface area (Å²) in [6.45, 7) is 4.95. The second kappa shape index (κ2) is 4.67. The lowest BCUT2D eigenvalue weighted by molar-refractivity contribution is 0.340. The summed E-state index contributed by atoms with van der Waals surface area (Å²) in [5, 5.41) is 3.58. The minimum atomic E-state index is 0.452. The number of rotatable bonds is 5. The molecule has 1 fully saturated rings. The average Bonchev–Trinajstić information content (AvgIpc) is 3.03. The molecule has 1 atom stereocenters. The van der Waals surface area contributed by atoms with Crippen LogP contribution >= 0.6 is 0 Å². The van der Waals surface area contributed by atoms with E-state index in [0.29, 0.717) is 6.04 Å². The van der Waals surface area contributed by atoms with Gasteiger partial charge in [-0.1, -0.05) is 12.1 Å². The molecule has 1 aliphatic carbocycles. The monoisotopic (exact) mass is 205 g/mol. The van der Waals surface area contributed by atoms with Crippen molar-refractivity contribution in [3.05, 3.63) is 29.8 Å². The van der Waals surface area contributed by atoms with E-state index < -0.39 is 0 Å². The predicted octanol–water partition coefficient (Wildman–Crippen LogP) is 2.90. The maximum absolute atomic E-state index is 5.41. The molecule has 82 valence electrons. The summed E-state index contributed by atoms with van der Waals surface area (Å²) < 4.78 is 5.41. The van der Waals surface area contributed by atoms with Crippen LogP contribution in [0.2, 0.25) is 0 Å². The molecule has 0 heterocycles. The SMILES string of the molecule is CCOc1ccc([C@H](C)NC2CC2)cc1. The number of ether oxygens (including phenoxy) is 1. The predicted molar refractivity (Wildman–Crippen MR) is 62.2 cm³/mol. The highest BCUT2D eigenvalue weighted by atomic mass is 16.5. The van der Waals surface area contributed by atoms with Gasteiger partial charge in [0.15, 0.2) is 0 Å². The molecule has 0 aromatic heterocycles. The zero-order chi connectivity index (χ0) is 10.7. The lowest BCUT2D eigenvalue weighted by Gasteiger charge is -2.14. The molecule has 0 unspecified atom stereocenters. The Morgan fingerprint density at radius 1 is 1.33 bits per heavy atom. The molecular weight excluding hydrogens is 186 g/mol. The zero-order valence-electron chi connectivity index (χ0n) is 9.49. The molecular formula is C13H19NO. The average molecular weight is 205 g/mol. The largest absolute Gasteiger partial charge is 0.494 e. The summed E-state index contributed by atoms with van der Waals surface area (Å²) in [4.78, 5) is 0. The molecule has 1 aromatic carbocycles. The van der Waals surface area contributed by atoms with Gasteiger partial charge in [0.2, 0.25) is 0 Å². The fourth-order valence-electron chi connectivity index (χ4n) is 1.72. The van der Waals surface area contributed by atoms with Crippen molar-refractivity contribution in [1.29, 1.82) is 0 Å². The van der Waals surface area contributed by atoms with Crippen LogP contribution < -0.4 is 10.1 Å². The van der Waals surface area contributed by atoms with Gasteiger partial charge in [-0.2, -0.15) is 0 Å². The molecule has 1 aliphatic rings. The maximum atomic E-state index is 5.41. The second-order valence-corrected chi connectivity index (χ2v) is 4.16. The van der Waals surface area contributed by atoms with Gasteiger partial charge in [0.05, 0.1) is 6.61 Å². The van der Waals surface area contributed by atoms with Gasteiger partial charge < -0.3 is 10.1 Å². The van der Waals surface area contributed by atoms with Crippen LogP contribution in [0.4, 0.5) is 0 Å². The van der Waals surface area contributed by atoms with Crippen molar-refractivity contribution in [2.45, 2.75) is 38.8 Å². The Morgan fingerprint density at radius 3 is 2.53 bits per heavy atom. The Hall–Kier alpha value is -1.02. The lowest BCUT2D eigenvalue weighted by atomic mass is 10.1. The first-order valence-electron chi connectivity index (χ1n) is 5.78. The fourth-order valence-corrected chi connectivity index (χ4v) is 1.72. The van der Waals surface area contributed by atoms with Crippen LogP contribution in [-0.2, 0) is 0 Å². The molecule has 0 spiro atoms. The van der Waals surface area contributed by atoms with E-state index in [1.54, 1.807) is 0 Å². The molecule has 0 aliphatic heterocycles. The van der Waals surface area contributed by atoms with Crippen LogP contribution in [-0.4, -0.2) is 12.6 Å². The highest BCUT2D eigenvalue weighted by Crippen LogP contribution is 2.24. The van der Waals surface area contributed by atoms with E-state index >= 15 is 0 Å². The molecule has 2 nitrogen and oxygen atoms in total. The Morgan fingerprint density at radius 2 is 2.00 bits per heavy atom. The number of nitrogens with one attached hydrogen (secondary N) is 1. The van der Waals surface area contributed by atoms with Crippen LogP contribution in [0.1, 0.15) is 38.3 Å². The Balaban J connectivity index is 1.95. The third-order valence-corrected chi connectivity index (χ3v) is 2.75. The zero-order valence-corrected chi connectivity index (χ0v) is 9.49. The van der Waals surface area contributed by atoms with Crippen LogP contribution in [0.25, 0.3) is 0 Å². The van der Waals surface area contributed by atoms with E-state index in [-0.39, 0.29) is 0 Å². The fraction of sp³-hybridized carbons (Fsp3) is 0.538. The van der Waals surface area contributed by atoms with Crippen LogP contribution in [0, 0.1) is 0 Å². The minimum Gasteiger partial charge on any atom is -0.494 e. The Bertz CT molecular complexity index is 303. The Labute approximate surface area is 91.6 Å². The van der Waals surface area contributed by atoms with Gasteiger partial charge in [0.1, 0.15) is 5.75 Å². The highest BCUT2D eigenvalue weighted by molar-refractivity contribution is 5.29. The van der Waals surface area contributed by atoms with Crippen molar-refractivity contribution >= 4 is 0 Å². The first-order chi connectivity index (χ1) is 7.29. The van der Waals surface area contributed by atoms with Gasteiger partial charge in [-0.05, 0) is 44.4 Å². The van der Waals surface area contributed by atoms with E-state index in [4.69, 9.17) is 4.74 Å². The third-order valence-electron chi connectivity index (χ3n) is 2.75. The van der Waals surface area contributed by atoms with E-state index in [1.807, 2.05) is 19.1 Å². The molecule has 0 saturated heterocycles. The molecule has 0 bridgehead atoms. The normalized spacial score (nSPS) is 17.5. The van der Waals surface area contributed by atoms with Crippen molar-refractivity contribution < 1.29 is 4.74 Å². The van der Waals surface area contributed by atoms with Gasteiger partial charge in [0, 0.05) is 12.1 Å². The number of hydrogen-bond acceptors (Lipinski definition) is 2. The third kappa shape index (κ3) is 2.96. The van der Waals surface area contributed by atoms with Gasteiger partial charge in [-0.25, -0.2) is 0 Å². The summed E-state index contributed by atoms with van der Waals surface area (Å²) in [7, 11) is 0. The van der Waals surface area contributed by atoms with Crippen molar-refractivity contribution in [2.24, 2.45) is 0 Å². The molecule has 15 heavy (non-hydrogen) atoms. The summed E-state index contributed by atoms with van der Waals surface area (Å²) in [5.41, 5.74) is 1.34. The van der Waals surface area contributed by atoms with Gasteiger partial charge in [0.25, 0.3) is 0 Å². The lowest BCUT2D eigenvalue weighted by Crippen LogP contribution is -2.20. The van der Waals surface area contributed by atoms with E-state index in [0.717, 1.165) is 18.4 Å². The number of hydrogen-bond donors (Lipinski definition) is 1. The van der Waals surface area contributed by atoms with Gasteiger partial charge in [-0.15, -0.1) is 0 Å². The first-order valence-corrected chi connectivity index (χ1v) is 5.78. The van der Waals surface area contributed by atoms with Crippen molar-refractivity contribution in [2.75, 3.05) is 6.61 Å². The summed E-state index contributed by atoms with van der Waals surface area (Å²) in [5.74, 6) is 0.958. The van der Waals surface area contributed by atoms with Crippen molar-refractivity contribution in [3.8, 4) is 5.75 Å². The maximum Gasteiger partial charge on any atom is 0.119 e. The Kier molecular flexibility index (Phi) is 3.27. The molecule has 1 N–H and O–H groups in total. The highest BCUT2D eigenvalue weighted by Gasteiger charge is 2.23. The van der Waals surface area contributed by atoms with E-state index in [1.165, 1.54) is 18.4 Å². The molecule has 2 rings (SSSR count). The van der Waals surface area contributed by atoms with E-state index in [2.05, 4.69) is 24.4 Å². The molecule has 1 saturated carbocycles. The van der Waals surface area contributed by atoms with E-state index in [9.17, 15) is 0 Å². The smallest absolute Gasteiger partial charge is 0.119 e. The first kappa shape index (κ1) is 10.5. The second-order valence-electron chi connectivity index (χ2n) is 4.16. The minimum absolute atomic E-state index is 0.452. The quantitative estimate of drug-likeness (QED) is 0.798. The van der Waals surface area contributed by atoms with Crippen LogP contribution in [0.5, 0.6) is 5.75 Å². The molecule has 0 radical (unpaired) electrons. The summed E-state index contributed by atoms with van der Waals surface area (Å²) in [6.07, 6.45) is 2.67. The standard InChI is InChI=1S/C13H19NO/c1-3-15-13-8-4-11(5-9-13)10(2)14-12-6-7-12/h4-5,8-10,12,14H,3,6-7H2,1-2H3/t10-/m0/s1. The van der Waals surface area contributed by atoms with Crippen molar-refractivity contribution in [3.63, 3.8) is 0 Å². The van der Waals surface area contributed by atoms with Crippen LogP contribution in [0.3, 0.4) is 0 Å². The molecule has 1 aromatic rings. The molecule has 2 heteroatoms. The van der Waals surface area contributed by atoms with Crippen molar-refractivity contribution in [1.82, 2.24) is 5.32 Å².